The van der Waals surface area contributed by atoms with Gasteiger partial charge in [-0.25, -0.2) is 0 Å². The van der Waals surface area contributed by atoms with Crippen LogP contribution in [0.1, 0.15) is 38.8 Å². The zero-order valence-electron chi connectivity index (χ0n) is 16.3. The van der Waals surface area contributed by atoms with Gasteiger partial charge < -0.3 is 18.9 Å². The number of rotatable bonds is 11. The number of aliphatic hydroxyl groups is 1. The van der Waals surface area contributed by atoms with Crippen LogP contribution in [0, 0.1) is 6.92 Å². The first-order valence-corrected chi connectivity index (χ1v) is 11.8. The Labute approximate surface area is 161 Å². The van der Waals surface area contributed by atoms with Crippen LogP contribution in [-0.4, -0.2) is 49.3 Å². The van der Waals surface area contributed by atoms with Crippen LogP contribution in [0.4, 0.5) is 0 Å². The van der Waals surface area contributed by atoms with Gasteiger partial charge in [0.1, 0.15) is 6.35 Å². The predicted molar refractivity (Wildman–Crippen MR) is 102 cm³/mol. The van der Waals surface area contributed by atoms with Gasteiger partial charge in [0.25, 0.3) is 10.1 Å². The fourth-order valence-electron chi connectivity index (χ4n) is 2.47. The molecule has 1 aromatic carbocycles. The Balaban J connectivity index is 2.97. The van der Waals surface area contributed by atoms with Crippen molar-refractivity contribution in [1.82, 2.24) is 0 Å². The summed E-state index contributed by atoms with van der Waals surface area (Å²) in [5, 5.41) is 9.60. The fraction of sp³-hybridized carbons (Fsp3) is 0.647. The molecular formula is C17H29O8PS. The molecule has 0 aliphatic rings. The normalized spacial score (nSPS) is 14.1. The molecule has 0 radical (unpaired) electrons. The lowest BCUT2D eigenvalue weighted by Crippen LogP contribution is -2.24. The summed E-state index contributed by atoms with van der Waals surface area (Å²) >= 11 is 0. The smallest absolute Gasteiger partial charge is 0.356 e. The summed E-state index contributed by atoms with van der Waals surface area (Å²) in [5.74, 6) is 0. The van der Waals surface area contributed by atoms with E-state index in [0.717, 1.165) is 5.56 Å². The SMILES string of the molecule is Cc1ccc(S(=O)(=O)O)c(C[C@@H](CO)OCP(=O)(OC(C)C)OC(C)C)c1. The molecule has 0 spiro atoms. The van der Waals surface area contributed by atoms with Crippen molar-refractivity contribution >= 4 is 17.7 Å². The summed E-state index contributed by atoms with van der Waals surface area (Å²) in [4.78, 5) is -0.254. The third kappa shape index (κ3) is 8.39. The number of hydrogen-bond donors (Lipinski definition) is 2. The molecule has 27 heavy (non-hydrogen) atoms. The van der Waals surface area contributed by atoms with E-state index in [1.165, 1.54) is 6.07 Å². The summed E-state index contributed by atoms with van der Waals surface area (Å²) < 4.78 is 61.6. The second kappa shape index (κ2) is 10.1. The first kappa shape index (κ1) is 24.2. The second-order valence-corrected chi connectivity index (χ2v) is 10.1. The van der Waals surface area contributed by atoms with E-state index in [2.05, 4.69) is 0 Å². The molecule has 0 fully saturated rings. The van der Waals surface area contributed by atoms with E-state index >= 15 is 0 Å². The van der Waals surface area contributed by atoms with Crippen LogP contribution >= 0.6 is 7.60 Å². The summed E-state index contributed by atoms with van der Waals surface area (Å²) in [6, 6.07) is 4.44. The molecule has 10 heteroatoms. The van der Waals surface area contributed by atoms with Crippen LogP contribution in [0.25, 0.3) is 0 Å². The highest BCUT2D eigenvalue weighted by atomic mass is 32.2. The van der Waals surface area contributed by atoms with Crippen molar-refractivity contribution in [2.45, 2.75) is 64.2 Å². The minimum atomic E-state index is -4.42. The second-order valence-electron chi connectivity index (χ2n) is 6.81. The zero-order chi connectivity index (χ0) is 20.8. The summed E-state index contributed by atoms with van der Waals surface area (Å²) in [6.07, 6.45) is -1.95. The van der Waals surface area contributed by atoms with Crippen LogP contribution in [0.5, 0.6) is 0 Å². The number of aliphatic hydroxyl groups excluding tert-OH is 1. The quantitative estimate of drug-likeness (QED) is 0.411. The average molecular weight is 424 g/mol. The van der Waals surface area contributed by atoms with Crippen LogP contribution < -0.4 is 0 Å². The van der Waals surface area contributed by atoms with Gasteiger partial charge in [-0.1, -0.05) is 17.7 Å². The topological polar surface area (TPSA) is 119 Å². The minimum Gasteiger partial charge on any atom is -0.394 e. The highest BCUT2D eigenvalue weighted by molar-refractivity contribution is 7.85. The van der Waals surface area contributed by atoms with Crippen molar-refractivity contribution in [2.75, 3.05) is 13.0 Å². The molecule has 156 valence electrons. The largest absolute Gasteiger partial charge is 0.394 e. The van der Waals surface area contributed by atoms with Crippen molar-refractivity contribution in [3.8, 4) is 0 Å². The number of benzene rings is 1. The molecule has 0 aromatic heterocycles. The molecule has 0 saturated carbocycles. The van der Waals surface area contributed by atoms with Crippen molar-refractivity contribution in [3.05, 3.63) is 29.3 Å². The van der Waals surface area contributed by atoms with E-state index in [1.54, 1.807) is 46.8 Å². The van der Waals surface area contributed by atoms with Crippen LogP contribution in [0.3, 0.4) is 0 Å². The van der Waals surface area contributed by atoms with Gasteiger partial charge in [-0.2, -0.15) is 8.42 Å². The Morgan fingerprint density at radius 2 is 1.67 bits per heavy atom. The van der Waals surface area contributed by atoms with Gasteiger partial charge in [0.05, 0.1) is 29.8 Å². The minimum absolute atomic E-state index is 0.00331. The van der Waals surface area contributed by atoms with Gasteiger partial charge in [-0.3, -0.25) is 9.12 Å². The van der Waals surface area contributed by atoms with Gasteiger partial charge in [-0.15, -0.1) is 0 Å². The third-order valence-electron chi connectivity index (χ3n) is 3.36. The van der Waals surface area contributed by atoms with Crippen LogP contribution in [0.2, 0.25) is 0 Å². The molecule has 1 aromatic rings. The lowest BCUT2D eigenvalue weighted by Gasteiger charge is -2.25. The van der Waals surface area contributed by atoms with E-state index < -0.39 is 30.4 Å². The highest BCUT2D eigenvalue weighted by Crippen LogP contribution is 2.50. The van der Waals surface area contributed by atoms with Gasteiger partial charge in [0.15, 0.2) is 0 Å². The van der Waals surface area contributed by atoms with Crippen molar-refractivity contribution < 1.29 is 36.4 Å². The summed E-state index contributed by atoms with van der Waals surface area (Å²) in [5.41, 5.74) is 1.08. The maximum Gasteiger partial charge on any atom is 0.356 e. The summed E-state index contributed by atoms with van der Waals surface area (Å²) in [6.45, 7) is 8.18. The standard InChI is InChI=1S/C17H29O8PS/c1-12(2)24-26(19,25-13(3)4)11-23-16(10-18)9-15-8-14(5)6-7-17(15)27(20,21)22/h6-8,12-13,16,18H,9-11H2,1-5H3,(H,20,21,22)/t16-/m0/s1. The van der Waals surface area contributed by atoms with Gasteiger partial charge >= 0.3 is 7.60 Å². The van der Waals surface area contributed by atoms with Crippen LogP contribution in [-0.2, 0) is 34.9 Å². The van der Waals surface area contributed by atoms with Crippen molar-refractivity contribution in [2.24, 2.45) is 0 Å². The van der Waals surface area contributed by atoms with Crippen molar-refractivity contribution in [3.63, 3.8) is 0 Å². The molecule has 1 atom stereocenters. The number of hydrogen-bond acceptors (Lipinski definition) is 7. The molecule has 0 saturated heterocycles. The van der Waals surface area contributed by atoms with Gasteiger partial charge in [0.2, 0.25) is 0 Å². The first-order chi connectivity index (χ1) is 12.4. The molecule has 0 amide bonds. The fourth-order valence-corrected chi connectivity index (χ4v) is 5.03. The number of ether oxygens (including phenoxy) is 1. The van der Waals surface area contributed by atoms with E-state index in [0.29, 0.717) is 5.56 Å². The predicted octanol–water partition coefficient (Wildman–Crippen LogP) is 3.16. The molecule has 2 N–H and O–H groups in total. The first-order valence-electron chi connectivity index (χ1n) is 8.61. The Bertz CT molecular complexity index is 746. The molecular weight excluding hydrogens is 395 g/mol. The highest BCUT2D eigenvalue weighted by Gasteiger charge is 2.30. The molecule has 0 aliphatic heterocycles. The third-order valence-corrected chi connectivity index (χ3v) is 6.26. The zero-order valence-corrected chi connectivity index (χ0v) is 18.0. The van der Waals surface area contributed by atoms with Crippen LogP contribution in [0.15, 0.2) is 23.1 Å². The molecule has 0 aliphatic carbocycles. The Kier molecular flexibility index (Phi) is 9.08. The Morgan fingerprint density at radius 1 is 1.11 bits per heavy atom. The average Bonchev–Trinajstić information content (AvgIpc) is 2.48. The monoisotopic (exact) mass is 424 g/mol. The molecule has 0 heterocycles. The Hall–Kier alpha value is -0.800. The Morgan fingerprint density at radius 3 is 2.11 bits per heavy atom. The lowest BCUT2D eigenvalue weighted by molar-refractivity contribution is 0.0200. The maximum atomic E-state index is 12.8. The van der Waals surface area contributed by atoms with E-state index in [9.17, 15) is 22.6 Å². The molecule has 0 bridgehead atoms. The van der Waals surface area contributed by atoms with E-state index in [-0.39, 0.29) is 29.9 Å². The number of aryl methyl sites for hydroxylation is 1. The lowest BCUT2D eigenvalue weighted by atomic mass is 10.1. The van der Waals surface area contributed by atoms with Gasteiger partial charge in [0, 0.05) is 6.42 Å². The molecule has 0 unspecified atom stereocenters. The van der Waals surface area contributed by atoms with E-state index in [4.69, 9.17) is 13.8 Å². The molecule has 8 nitrogen and oxygen atoms in total. The van der Waals surface area contributed by atoms with E-state index in [1.807, 2.05) is 0 Å². The maximum absolute atomic E-state index is 12.8. The summed E-state index contributed by atoms with van der Waals surface area (Å²) in [7, 11) is -7.98. The molecule has 1 rings (SSSR count). The van der Waals surface area contributed by atoms with Gasteiger partial charge in [-0.05, 0) is 46.2 Å². The van der Waals surface area contributed by atoms with Crippen molar-refractivity contribution in [1.29, 1.82) is 0 Å².